The molecule has 5 nitrogen and oxygen atoms in total. The summed E-state index contributed by atoms with van der Waals surface area (Å²) >= 11 is 1.64. The van der Waals surface area contributed by atoms with Gasteiger partial charge in [-0.15, -0.1) is 10.2 Å². The van der Waals surface area contributed by atoms with Gasteiger partial charge in [0.05, 0.1) is 0 Å². The molecular formula is C11H15N5S. The Balaban J connectivity index is 1.67. The van der Waals surface area contributed by atoms with Crippen LogP contribution in [0.1, 0.15) is 48.9 Å². The first-order valence-electron chi connectivity index (χ1n) is 6.23. The molecule has 2 saturated carbocycles. The lowest BCUT2D eigenvalue weighted by Crippen LogP contribution is -2.48. The largest absolute Gasteiger partial charge is 0.325 e. The Kier molecular flexibility index (Phi) is 1.91. The van der Waals surface area contributed by atoms with E-state index in [1.54, 1.807) is 11.3 Å². The quantitative estimate of drug-likeness (QED) is 0.894. The third-order valence-corrected chi connectivity index (χ3v) is 4.75. The second-order valence-corrected chi connectivity index (χ2v) is 6.46. The van der Waals surface area contributed by atoms with E-state index in [2.05, 4.69) is 15.3 Å². The van der Waals surface area contributed by atoms with Gasteiger partial charge in [0.25, 0.3) is 0 Å². The Bertz CT molecular complexity index is 563. The summed E-state index contributed by atoms with van der Waals surface area (Å²) in [6.45, 7) is 0. The van der Waals surface area contributed by atoms with E-state index in [4.69, 9.17) is 5.73 Å². The molecule has 0 amide bonds. The standard InChI is InChI=1S/C11H15N5S/c12-11(4-1-5-11)6-8-15-16-9(7-2-3-7)13-14-10(16)17-8/h7H,1-6,12H2. The van der Waals surface area contributed by atoms with E-state index in [1.807, 2.05) is 4.52 Å². The van der Waals surface area contributed by atoms with Gasteiger partial charge in [-0.05, 0) is 32.1 Å². The average molecular weight is 249 g/mol. The molecule has 2 aliphatic carbocycles. The Morgan fingerprint density at radius 3 is 2.82 bits per heavy atom. The van der Waals surface area contributed by atoms with Crippen LogP contribution in [-0.2, 0) is 6.42 Å². The van der Waals surface area contributed by atoms with Gasteiger partial charge in [-0.1, -0.05) is 11.3 Å². The van der Waals surface area contributed by atoms with Gasteiger partial charge in [-0.2, -0.15) is 9.61 Å². The molecule has 2 aliphatic rings. The van der Waals surface area contributed by atoms with E-state index in [-0.39, 0.29) is 5.54 Å². The van der Waals surface area contributed by atoms with Crippen molar-refractivity contribution in [2.45, 2.75) is 50.0 Å². The number of hydrogen-bond acceptors (Lipinski definition) is 5. The molecule has 90 valence electrons. The second-order valence-electron chi connectivity index (χ2n) is 5.42. The predicted octanol–water partition coefficient (Wildman–Crippen LogP) is 1.49. The van der Waals surface area contributed by atoms with Gasteiger partial charge in [-0.3, -0.25) is 0 Å². The van der Waals surface area contributed by atoms with Crippen molar-refractivity contribution < 1.29 is 0 Å². The molecule has 6 heteroatoms. The van der Waals surface area contributed by atoms with Crippen LogP contribution in [0.4, 0.5) is 0 Å². The van der Waals surface area contributed by atoms with E-state index >= 15 is 0 Å². The summed E-state index contributed by atoms with van der Waals surface area (Å²) in [4.78, 5) is 0.921. The summed E-state index contributed by atoms with van der Waals surface area (Å²) in [6, 6.07) is 0. The number of nitrogens with zero attached hydrogens (tertiary/aromatic N) is 4. The number of fused-ring (bicyclic) bond motifs is 1. The van der Waals surface area contributed by atoms with Crippen LogP contribution in [0, 0.1) is 0 Å². The van der Waals surface area contributed by atoms with Crippen LogP contribution in [0.25, 0.3) is 4.96 Å². The van der Waals surface area contributed by atoms with Gasteiger partial charge in [0.15, 0.2) is 5.82 Å². The summed E-state index contributed by atoms with van der Waals surface area (Å²) in [5, 5.41) is 14.2. The van der Waals surface area contributed by atoms with E-state index in [9.17, 15) is 0 Å². The van der Waals surface area contributed by atoms with Gasteiger partial charge in [0.2, 0.25) is 4.96 Å². The van der Waals surface area contributed by atoms with Crippen molar-refractivity contribution in [1.82, 2.24) is 19.8 Å². The molecule has 0 radical (unpaired) electrons. The van der Waals surface area contributed by atoms with Crippen LogP contribution in [-0.4, -0.2) is 25.4 Å². The zero-order valence-electron chi connectivity index (χ0n) is 9.59. The fourth-order valence-electron chi connectivity index (χ4n) is 2.45. The van der Waals surface area contributed by atoms with Crippen molar-refractivity contribution in [3.8, 4) is 0 Å². The van der Waals surface area contributed by atoms with Gasteiger partial charge in [0.1, 0.15) is 5.01 Å². The van der Waals surface area contributed by atoms with Crippen LogP contribution >= 0.6 is 11.3 Å². The monoisotopic (exact) mass is 249 g/mol. The van der Waals surface area contributed by atoms with Crippen LogP contribution in [0.5, 0.6) is 0 Å². The minimum Gasteiger partial charge on any atom is -0.325 e. The lowest BCUT2D eigenvalue weighted by Gasteiger charge is -2.37. The molecule has 2 fully saturated rings. The van der Waals surface area contributed by atoms with Gasteiger partial charge < -0.3 is 5.73 Å². The van der Waals surface area contributed by atoms with Gasteiger partial charge >= 0.3 is 0 Å². The van der Waals surface area contributed by atoms with E-state index in [0.717, 1.165) is 35.1 Å². The normalized spacial score (nSPS) is 22.9. The number of aromatic nitrogens is 4. The Hall–Kier alpha value is -1.01. The van der Waals surface area contributed by atoms with E-state index < -0.39 is 0 Å². The summed E-state index contributed by atoms with van der Waals surface area (Å²) in [7, 11) is 0. The highest BCUT2D eigenvalue weighted by Crippen LogP contribution is 2.39. The number of nitrogens with two attached hydrogens (primary N) is 1. The van der Waals surface area contributed by atoms with Crippen molar-refractivity contribution in [2.24, 2.45) is 5.73 Å². The minimum atomic E-state index is 0.00301. The molecule has 2 N–H and O–H groups in total. The summed E-state index contributed by atoms with van der Waals surface area (Å²) in [5.41, 5.74) is 6.26. The lowest BCUT2D eigenvalue weighted by atomic mass is 9.75. The molecule has 0 unspecified atom stereocenters. The third-order valence-electron chi connectivity index (χ3n) is 3.85. The molecule has 0 aromatic carbocycles. The molecule has 17 heavy (non-hydrogen) atoms. The molecule has 0 spiro atoms. The van der Waals surface area contributed by atoms with Crippen LogP contribution < -0.4 is 5.73 Å². The van der Waals surface area contributed by atoms with Gasteiger partial charge in [0, 0.05) is 17.9 Å². The second kappa shape index (κ2) is 3.26. The highest BCUT2D eigenvalue weighted by Gasteiger charge is 2.35. The van der Waals surface area contributed by atoms with Crippen LogP contribution in [0.15, 0.2) is 0 Å². The minimum absolute atomic E-state index is 0.00301. The predicted molar refractivity (Wildman–Crippen MR) is 65.1 cm³/mol. The van der Waals surface area contributed by atoms with E-state index in [0.29, 0.717) is 5.92 Å². The zero-order chi connectivity index (χ0) is 11.5. The zero-order valence-corrected chi connectivity index (χ0v) is 10.4. The molecule has 0 bridgehead atoms. The highest BCUT2D eigenvalue weighted by atomic mass is 32.1. The fourth-order valence-corrected chi connectivity index (χ4v) is 3.44. The smallest absolute Gasteiger partial charge is 0.234 e. The first-order valence-corrected chi connectivity index (χ1v) is 7.05. The average Bonchev–Trinajstić information content (AvgIpc) is 2.90. The number of hydrogen-bond donors (Lipinski definition) is 1. The maximum Gasteiger partial charge on any atom is 0.234 e. The van der Waals surface area contributed by atoms with Crippen molar-refractivity contribution in [1.29, 1.82) is 0 Å². The Morgan fingerprint density at radius 2 is 2.18 bits per heavy atom. The maximum atomic E-state index is 6.26. The first-order chi connectivity index (χ1) is 8.23. The van der Waals surface area contributed by atoms with Crippen LogP contribution in [0.2, 0.25) is 0 Å². The summed E-state index contributed by atoms with van der Waals surface area (Å²) in [6.07, 6.45) is 6.87. The van der Waals surface area contributed by atoms with Crippen molar-refractivity contribution in [3.63, 3.8) is 0 Å². The molecule has 2 aromatic heterocycles. The van der Waals surface area contributed by atoms with Crippen molar-refractivity contribution >= 4 is 16.3 Å². The topological polar surface area (TPSA) is 69.1 Å². The maximum absolute atomic E-state index is 6.26. The molecule has 0 saturated heterocycles. The molecule has 2 aromatic rings. The highest BCUT2D eigenvalue weighted by molar-refractivity contribution is 7.16. The van der Waals surface area contributed by atoms with E-state index in [1.165, 1.54) is 19.3 Å². The Morgan fingerprint density at radius 1 is 1.35 bits per heavy atom. The molecule has 2 heterocycles. The fraction of sp³-hybridized carbons (Fsp3) is 0.727. The number of rotatable bonds is 3. The van der Waals surface area contributed by atoms with Gasteiger partial charge in [-0.25, -0.2) is 0 Å². The molecular weight excluding hydrogens is 234 g/mol. The molecule has 4 rings (SSSR count). The third kappa shape index (κ3) is 1.58. The molecule has 0 atom stereocenters. The SMILES string of the molecule is NC1(Cc2nn3c(C4CC4)nnc3s2)CCC1. The van der Waals surface area contributed by atoms with Crippen molar-refractivity contribution in [3.05, 3.63) is 10.8 Å². The summed E-state index contributed by atoms with van der Waals surface area (Å²) in [5.74, 6) is 1.64. The lowest BCUT2D eigenvalue weighted by molar-refractivity contribution is 0.246. The van der Waals surface area contributed by atoms with Crippen LogP contribution in [0.3, 0.4) is 0 Å². The summed E-state index contributed by atoms with van der Waals surface area (Å²) < 4.78 is 1.93. The van der Waals surface area contributed by atoms with Crippen molar-refractivity contribution in [2.75, 3.05) is 0 Å². The first kappa shape index (κ1) is 9.96. The molecule has 0 aliphatic heterocycles. The Labute approximate surface area is 103 Å².